The van der Waals surface area contributed by atoms with Gasteiger partial charge in [-0.3, -0.25) is 19.5 Å². The molecule has 2 amide bonds. The van der Waals surface area contributed by atoms with Crippen LogP contribution in [0.15, 0.2) is 72.6 Å². The molecule has 5 rings (SSSR count). The SMILES string of the molecule is Cc1ccc(C2=C(Nc3ccc(N4CCCC4)cc3)C(=O)N(Cc3ccccn3)C2=O)c(C)c1. The van der Waals surface area contributed by atoms with E-state index in [1.165, 1.54) is 23.4 Å². The number of anilines is 2. The number of carbonyl (C=O) groups is 2. The summed E-state index contributed by atoms with van der Waals surface area (Å²) < 4.78 is 0. The molecule has 2 aliphatic heterocycles. The summed E-state index contributed by atoms with van der Waals surface area (Å²) in [5.41, 5.74) is 6.17. The van der Waals surface area contributed by atoms with Crippen molar-refractivity contribution in [2.75, 3.05) is 23.3 Å². The number of nitrogens with one attached hydrogen (secondary N) is 1. The summed E-state index contributed by atoms with van der Waals surface area (Å²) >= 11 is 0. The largest absolute Gasteiger partial charge is 0.372 e. The van der Waals surface area contributed by atoms with Gasteiger partial charge >= 0.3 is 0 Å². The molecule has 1 fully saturated rings. The fourth-order valence-electron chi connectivity index (χ4n) is 4.71. The van der Waals surface area contributed by atoms with Gasteiger partial charge in [-0.25, -0.2) is 0 Å². The smallest absolute Gasteiger partial charge is 0.278 e. The molecule has 0 bridgehead atoms. The van der Waals surface area contributed by atoms with E-state index in [-0.39, 0.29) is 18.4 Å². The zero-order valence-electron chi connectivity index (χ0n) is 19.5. The molecule has 1 aromatic heterocycles. The van der Waals surface area contributed by atoms with E-state index in [2.05, 4.69) is 27.3 Å². The third-order valence-corrected chi connectivity index (χ3v) is 6.47. The first-order chi connectivity index (χ1) is 16.5. The fourth-order valence-corrected chi connectivity index (χ4v) is 4.71. The van der Waals surface area contributed by atoms with Crippen LogP contribution in [-0.2, 0) is 16.1 Å². The lowest BCUT2D eigenvalue weighted by molar-refractivity contribution is -0.137. The van der Waals surface area contributed by atoms with Crippen molar-refractivity contribution in [1.82, 2.24) is 9.88 Å². The van der Waals surface area contributed by atoms with Crippen molar-refractivity contribution in [3.05, 3.63) is 94.9 Å². The van der Waals surface area contributed by atoms with Gasteiger partial charge in [0.05, 0.1) is 17.8 Å². The van der Waals surface area contributed by atoms with Crippen molar-refractivity contribution < 1.29 is 9.59 Å². The van der Waals surface area contributed by atoms with E-state index in [9.17, 15) is 9.59 Å². The summed E-state index contributed by atoms with van der Waals surface area (Å²) in [5, 5.41) is 3.27. The van der Waals surface area contributed by atoms with Crippen LogP contribution in [0, 0.1) is 13.8 Å². The molecule has 1 saturated heterocycles. The Morgan fingerprint density at radius 1 is 0.912 bits per heavy atom. The quantitative estimate of drug-likeness (QED) is 0.550. The van der Waals surface area contributed by atoms with Crippen molar-refractivity contribution in [2.24, 2.45) is 0 Å². The van der Waals surface area contributed by atoms with Crippen LogP contribution in [0.3, 0.4) is 0 Å². The van der Waals surface area contributed by atoms with Crippen LogP contribution >= 0.6 is 0 Å². The summed E-state index contributed by atoms with van der Waals surface area (Å²) in [6.45, 7) is 6.26. The molecule has 0 spiro atoms. The maximum Gasteiger partial charge on any atom is 0.278 e. The second-order valence-corrected chi connectivity index (χ2v) is 8.95. The molecule has 0 atom stereocenters. The van der Waals surface area contributed by atoms with E-state index in [0.29, 0.717) is 17.0 Å². The van der Waals surface area contributed by atoms with E-state index in [4.69, 9.17) is 0 Å². The number of aromatic nitrogens is 1. The lowest BCUT2D eigenvalue weighted by Gasteiger charge is -2.18. The van der Waals surface area contributed by atoms with Crippen LogP contribution in [0.2, 0.25) is 0 Å². The van der Waals surface area contributed by atoms with Crippen molar-refractivity contribution >= 4 is 28.8 Å². The van der Waals surface area contributed by atoms with Gasteiger partial charge in [-0.2, -0.15) is 0 Å². The highest BCUT2D eigenvalue weighted by Crippen LogP contribution is 2.33. The number of benzene rings is 2. The van der Waals surface area contributed by atoms with Gasteiger partial charge in [0, 0.05) is 30.7 Å². The molecule has 6 nitrogen and oxygen atoms in total. The van der Waals surface area contributed by atoms with Crippen LogP contribution in [0.1, 0.15) is 35.2 Å². The van der Waals surface area contributed by atoms with Crippen LogP contribution in [-0.4, -0.2) is 34.8 Å². The summed E-state index contributed by atoms with van der Waals surface area (Å²) in [6, 6.07) is 19.5. The molecule has 1 N–H and O–H groups in total. The fraction of sp³-hybridized carbons (Fsp3) is 0.250. The Hall–Kier alpha value is -3.93. The van der Waals surface area contributed by atoms with Gasteiger partial charge in [0.15, 0.2) is 0 Å². The third kappa shape index (κ3) is 4.19. The predicted octanol–water partition coefficient (Wildman–Crippen LogP) is 4.69. The Morgan fingerprint density at radius 2 is 1.68 bits per heavy atom. The predicted molar refractivity (Wildman–Crippen MR) is 134 cm³/mol. The number of amides is 2. The van der Waals surface area contributed by atoms with Crippen molar-refractivity contribution in [1.29, 1.82) is 0 Å². The maximum absolute atomic E-state index is 13.6. The average molecular weight is 453 g/mol. The van der Waals surface area contributed by atoms with E-state index < -0.39 is 0 Å². The molecule has 2 aromatic carbocycles. The molecule has 172 valence electrons. The van der Waals surface area contributed by atoms with Crippen molar-refractivity contribution in [2.45, 2.75) is 33.2 Å². The van der Waals surface area contributed by atoms with Gasteiger partial charge in [-0.05, 0) is 74.2 Å². The van der Waals surface area contributed by atoms with Crippen LogP contribution in [0.5, 0.6) is 0 Å². The molecule has 3 heterocycles. The second-order valence-electron chi connectivity index (χ2n) is 8.95. The van der Waals surface area contributed by atoms with Gasteiger partial charge in [0.1, 0.15) is 5.70 Å². The summed E-state index contributed by atoms with van der Waals surface area (Å²) in [5.74, 6) is -0.645. The van der Waals surface area contributed by atoms with E-state index in [0.717, 1.165) is 35.5 Å². The Kier molecular flexibility index (Phi) is 5.88. The maximum atomic E-state index is 13.6. The molecular weight excluding hydrogens is 424 g/mol. The normalized spacial score (nSPS) is 16.1. The number of nitrogens with zero attached hydrogens (tertiary/aromatic N) is 3. The minimum absolute atomic E-state index is 0.131. The molecular formula is C28H28N4O2. The Labute approximate surface area is 199 Å². The lowest BCUT2D eigenvalue weighted by Crippen LogP contribution is -2.32. The molecule has 0 radical (unpaired) electrons. The first-order valence-electron chi connectivity index (χ1n) is 11.7. The number of imide groups is 1. The minimum atomic E-state index is -0.339. The highest BCUT2D eigenvalue weighted by molar-refractivity contribution is 6.36. The Morgan fingerprint density at radius 3 is 2.35 bits per heavy atom. The van der Waals surface area contributed by atoms with Crippen LogP contribution < -0.4 is 10.2 Å². The number of hydrogen-bond acceptors (Lipinski definition) is 5. The van der Waals surface area contributed by atoms with Gasteiger partial charge in [0.2, 0.25) is 0 Å². The Bertz CT molecular complexity index is 1260. The minimum Gasteiger partial charge on any atom is -0.372 e. The zero-order valence-corrected chi connectivity index (χ0v) is 19.5. The van der Waals surface area contributed by atoms with Gasteiger partial charge in [-0.15, -0.1) is 0 Å². The van der Waals surface area contributed by atoms with E-state index in [1.807, 2.05) is 62.4 Å². The number of aryl methyl sites for hydroxylation is 2. The average Bonchev–Trinajstić information content (AvgIpc) is 3.45. The van der Waals surface area contributed by atoms with Gasteiger partial charge < -0.3 is 10.2 Å². The molecule has 0 saturated carbocycles. The monoisotopic (exact) mass is 452 g/mol. The number of carbonyl (C=O) groups excluding carboxylic acids is 2. The standard InChI is InChI=1S/C28H28N4O2/c1-19-8-13-24(20(2)17-19)25-26(28(34)32(27(25)33)18-22-7-3-4-14-29-22)30-21-9-11-23(12-10-21)31-15-5-6-16-31/h3-4,7-14,17,30H,5-6,15-16,18H2,1-2H3. The Balaban J connectivity index is 1.50. The molecule has 0 unspecified atom stereocenters. The molecule has 34 heavy (non-hydrogen) atoms. The van der Waals surface area contributed by atoms with E-state index in [1.54, 1.807) is 6.20 Å². The number of rotatable bonds is 6. The molecule has 6 heteroatoms. The first-order valence-corrected chi connectivity index (χ1v) is 11.7. The van der Waals surface area contributed by atoms with Crippen LogP contribution in [0.4, 0.5) is 11.4 Å². The summed E-state index contributed by atoms with van der Waals surface area (Å²) in [4.78, 5) is 35.0. The van der Waals surface area contributed by atoms with Crippen molar-refractivity contribution in [3.63, 3.8) is 0 Å². The first kappa shape index (κ1) is 21.9. The second kappa shape index (κ2) is 9.14. The summed E-state index contributed by atoms with van der Waals surface area (Å²) in [7, 11) is 0. The highest BCUT2D eigenvalue weighted by Gasteiger charge is 2.40. The van der Waals surface area contributed by atoms with Crippen molar-refractivity contribution in [3.8, 4) is 0 Å². The zero-order chi connectivity index (χ0) is 23.7. The topological polar surface area (TPSA) is 65.5 Å². The van der Waals surface area contributed by atoms with Crippen LogP contribution in [0.25, 0.3) is 5.57 Å². The molecule has 3 aromatic rings. The van der Waals surface area contributed by atoms with E-state index >= 15 is 0 Å². The number of hydrogen-bond donors (Lipinski definition) is 1. The lowest BCUT2D eigenvalue weighted by atomic mass is 9.97. The highest BCUT2D eigenvalue weighted by atomic mass is 16.2. The number of pyridine rings is 1. The molecule has 2 aliphatic rings. The van der Waals surface area contributed by atoms with Gasteiger partial charge in [-0.1, -0.05) is 29.8 Å². The van der Waals surface area contributed by atoms with Gasteiger partial charge in [0.25, 0.3) is 11.8 Å². The third-order valence-electron chi connectivity index (χ3n) is 6.47. The summed E-state index contributed by atoms with van der Waals surface area (Å²) in [6.07, 6.45) is 4.10. The molecule has 0 aliphatic carbocycles.